The maximum atomic E-state index is 11.4. The average Bonchev–Trinajstić information content (AvgIpc) is 2.56. The number of hydrogen-bond donors (Lipinski definition) is 3. The van der Waals surface area contributed by atoms with Crippen LogP contribution < -0.4 is 16.4 Å². The van der Waals surface area contributed by atoms with E-state index >= 15 is 0 Å². The van der Waals surface area contributed by atoms with Gasteiger partial charge < -0.3 is 20.9 Å². The molecule has 1 rings (SSSR count). The summed E-state index contributed by atoms with van der Waals surface area (Å²) in [7, 11) is 3.48. The van der Waals surface area contributed by atoms with Gasteiger partial charge in [-0.15, -0.1) is 0 Å². The van der Waals surface area contributed by atoms with Crippen molar-refractivity contribution in [3.63, 3.8) is 0 Å². The Morgan fingerprint density at radius 2 is 2.19 bits per heavy atom. The molecule has 16 heavy (non-hydrogen) atoms. The second-order valence-electron chi connectivity index (χ2n) is 3.49. The Hall–Kier alpha value is -1.82. The van der Waals surface area contributed by atoms with Crippen molar-refractivity contribution in [3.8, 4) is 0 Å². The van der Waals surface area contributed by atoms with Crippen LogP contribution in [0, 0.1) is 0 Å². The van der Waals surface area contributed by atoms with Gasteiger partial charge in [-0.2, -0.15) is 0 Å². The third kappa shape index (κ3) is 3.09. The van der Waals surface area contributed by atoms with Gasteiger partial charge in [0.25, 0.3) is 5.91 Å². The zero-order valence-corrected chi connectivity index (χ0v) is 9.41. The number of rotatable bonds is 5. The number of hydrogen-bond acceptors (Lipinski definition) is 3. The second-order valence-corrected chi connectivity index (χ2v) is 3.49. The van der Waals surface area contributed by atoms with E-state index in [0.717, 1.165) is 0 Å². The minimum Gasteiger partial charge on any atom is -0.364 e. The molecule has 0 unspecified atom stereocenters. The molecule has 1 aromatic heterocycles. The van der Waals surface area contributed by atoms with Crippen molar-refractivity contribution < 1.29 is 9.59 Å². The quantitative estimate of drug-likeness (QED) is 0.640. The predicted octanol–water partition coefficient (Wildman–Crippen LogP) is -0.328. The highest BCUT2D eigenvalue weighted by atomic mass is 16.2. The molecule has 1 aromatic rings. The number of nitrogens with one attached hydrogen (secondary N) is 2. The normalized spacial score (nSPS) is 10.1. The first-order valence-electron chi connectivity index (χ1n) is 4.95. The zero-order chi connectivity index (χ0) is 12.1. The summed E-state index contributed by atoms with van der Waals surface area (Å²) in [6.45, 7) is 0.612. The van der Waals surface area contributed by atoms with Crippen LogP contribution >= 0.6 is 0 Å². The Morgan fingerprint density at radius 1 is 1.50 bits per heavy atom. The summed E-state index contributed by atoms with van der Waals surface area (Å²) in [5.74, 6) is -0.616. The lowest BCUT2D eigenvalue weighted by atomic mass is 10.3. The number of carbonyl (C=O) groups is 2. The number of aryl methyl sites for hydroxylation is 1. The minimum atomic E-state index is -0.516. The zero-order valence-electron chi connectivity index (χ0n) is 9.41. The van der Waals surface area contributed by atoms with Crippen LogP contribution in [0.2, 0.25) is 0 Å². The van der Waals surface area contributed by atoms with Crippen molar-refractivity contribution in [3.05, 3.63) is 18.0 Å². The Kier molecular flexibility index (Phi) is 4.07. The summed E-state index contributed by atoms with van der Waals surface area (Å²) >= 11 is 0. The van der Waals surface area contributed by atoms with E-state index in [2.05, 4.69) is 10.6 Å². The van der Waals surface area contributed by atoms with E-state index in [-0.39, 0.29) is 5.91 Å². The highest BCUT2D eigenvalue weighted by Gasteiger charge is 2.09. The van der Waals surface area contributed by atoms with Crippen LogP contribution in [0.1, 0.15) is 16.9 Å². The number of carbonyl (C=O) groups excluding carboxylic acids is 2. The Balaban J connectivity index is 2.64. The summed E-state index contributed by atoms with van der Waals surface area (Å²) in [6, 6.07) is 1.56. The second kappa shape index (κ2) is 5.32. The van der Waals surface area contributed by atoms with Gasteiger partial charge in [-0.25, -0.2) is 0 Å². The molecular formula is C10H16N4O2. The molecule has 6 nitrogen and oxygen atoms in total. The highest BCUT2D eigenvalue weighted by molar-refractivity contribution is 5.95. The molecule has 0 saturated heterocycles. The Bertz CT molecular complexity index is 398. The average molecular weight is 224 g/mol. The first kappa shape index (κ1) is 12.3. The molecule has 0 bridgehead atoms. The molecule has 4 N–H and O–H groups in total. The molecule has 0 spiro atoms. The van der Waals surface area contributed by atoms with Gasteiger partial charge in [0.05, 0.1) is 5.69 Å². The number of nitrogens with zero attached hydrogens (tertiary/aromatic N) is 1. The fourth-order valence-electron chi connectivity index (χ4n) is 1.34. The molecule has 1 heterocycles. The fraction of sp³-hybridized carbons (Fsp3) is 0.400. The molecule has 0 saturated carbocycles. The number of nitrogens with two attached hydrogens (primary N) is 1. The van der Waals surface area contributed by atoms with Gasteiger partial charge in [-0.1, -0.05) is 0 Å². The van der Waals surface area contributed by atoms with Crippen LogP contribution in [0.15, 0.2) is 12.3 Å². The molecule has 0 aliphatic rings. The number of amides is 2. The van der Waals surface area contributed by atoms with Crippen LogP contribution in [0.25, 0.3) is 0 Å². The third-order valence-electron chi connectivity index (χ3n) is 2.14. The van der Waals surface area contributed by atoms with Crippen LogP contribution in [0.5, 0.6) is 0 Å². The largest absolute Gasteiger partial charge is 0.364 e. The van der Waals surface area contributed by atoms with Gasteiger partial charge in [-0.3, -0.25) is 9.59 Å². The smallest absolute Gasteiger partial charge is 0.265 e. The first-order chi connectivity index (χ1) is 7.54. The molecule has 0 aliphatic heterocycles. The molecule has 0 atom stereocenters. The summed E-state index contributed by atoms with van der Waals surface area (Å²) in [6.07, 6.45) is 2.04. The Morgan fingerprint density at radius 3 is 2.69 bits per heavy atom. The van der Waals surface area contributed by atoms with Gasteiger partial charge in [0, 0.05) is 26.2 Å². The third-order valence-corrected chi connectivity index (χ3v) is 2.14. The predicted molar refractivity (Wildman–Crippen MR) is 61.1 cm³/mol. The topological polar surface area (TPSA) is 89.2 Å². The van der Waals surface area contributed by atoms with Crippen molar-refractivity contribution in [2.45, 2.75) is 6.42 Å². The number of anilines is 1. The summed E-state index contributed by atoms with van der Waals surface area (Å²) in [4.78, 5) is 22.4. The summed E-state index contributed by atoms with van der Waals surface area (Å²) in [5.41, 5.74) is 6.10. The lowest BCUT2D eigenvalue weighted by Crippen LogP contribution is -2.18. The maximum Gasteiger partial charge on any atom is 0.265 e. The van der Waals surface area contributed by atoms with Crippen molar-refractivity contribution in [1.82, 2.24) is 9.88 Å². The molecule has 6 heteroatoms. The molecule has 2 amide bonds. The van der Waals surface area contributed by atoms with E-state index in [1.54, 1.807) is 30.9 Å². The van der Waals surface area contributed by atoms with Crippen molar-refractivity contribution in [1.29, 1.82) is 0 Å². The number of aromatic nitrogens is 1. The molecule has 0 radical (unpaired) electrons. The van der Waals surface area contributed by atoms with E-state index in [9.17, 15) is 9.59 Å². The standard InChI is InChI=1S/C10H16N4O2/c1-12-4-3-9(15)13-7-5-8(10(11)16)14(2)6-7/h5-6,12H,3-4H2,1-2H3,(H2,11,16)(H,13,15). The summed E-state index contributed by atoms with van der Waals surface area (Å²) < 4.78 is 1.58. The minimum absolute atomic E-state index is 0.101. The van der Waals surface area contributed by atoms with E-state index in [0.29, 0.717) is 24.3 Å². The van der Waals surface area contributed by atoms with Crippen LogP contribution in [0.3, 0.4) is 0 Å². The van der Waals surface area contributed by atoms with Gasteiger partial charge in [0.2, 0.25) is 5.91 Å². The highest BCUT2D eigenvalue weighted by Crippen LogP contribution is 2.12. The van der Waals surface area contributed by atoms with Crippen molar-refractivity contribution in [2.24, 2.45) is 12.8 Å². The first-order valence-corrected chi connectivity index (χ1v) is 4.95. The van der Waals surface area contributed by atoms with Crippen LogP contribution in [-0.2, 0) is 11.8 Å². The summed E-state index contributed by atoms with van der Waals surface area (Å²) in [5, 5.41) is 5.56. The van der Waals surface area contributed by atoms with Crippen LogP contribution in [0.4, 0.5) is 5.69 Å². The van der Waals surface area contributed by atoms with E-state index in [1.165, 1.54) is 0 Å². The SMILES string of the molecule is CNCCC(=O)Nc1cc(C(N)=O)n(C)c1. The van der Waals surface area contributed by atoms with E-state index in [1.807, 2.05) is 0 Å². The lowest BCUT2D eigenvalue weighted by molar-refractivity contribution is -0.116. The molecule has 88 valence electrons. The number of primary amides is 1. The van der Waals surface area contributed by atoms with Gasteiger partial charge in [-0.05, 0) is 13.1 Å². The van der Waals surface area contributed by atoms with Gasteiger partial charge >= 0.3 is 0 Å². The monoisotopic (exact) mass is 224 g/mol. The van der Waals surface area contributed by atoms with E-state index in [4.69, 9.17) is 5.73 Å². The van der Waals surface area contributed by atoms with Crippen LogP contribution in [-0.4, -0.2) is 30.0 Å². The molecule has 0 aliphatic carbocycles. The fourth-order valence-corrected chi connectivity index (χ4v) is 1.34. The van der Waals surface area contributed by atoms with Gasteiger partial charge in [0.1, 0.15) is 5.69 Å². The molecule has 0 aromatic carbocycles. The lowest BCUT2D eigenvalue weighted by Gasteiger charge is -2.01. The Labute approximate surface area is 93.8 Å². The van der Waals surface area contributed by atoms with Crippen molar-refractivity contribution in [2.75, 3.05) is 18.9 Å². The maximum absolute atomic E-state index is 11.4. The molecular weight excluding hydrogens is 208 g/mol. The van der Waals surface area contributed by atoms with Crippen molar-refractivity contribution >= 4 is 17.5 Å². The molecule has 0 fully saturated rings. The van der Waals surface area contributed by atoms with Gasteiger partial charge in [0.15, 0.2) is 0 Å². The van der Waals surface area contributed by atoms with E-state index < -0.39 is 5.91 Å².